The lowest BCUT2D eigenvalue weighted by molar-refractivity contribution is -0.148. The second-order valence-corrected chi connectivity index (χ2v) is 5.88. The highest BCUT2D eigenvalue weighted by Gasteiger charge is 2.39. The topological polar surface area (TPSA) is 29.5 Å². The second kappa shape index (κ2) is 7.18. The third kappa shape index (κ3) is 3.58. The molecule has 1 fully saturated rings. The van der Waals surface area contributed by atoms with Crippen LogP contribution in [0.1, 0.15) is 18.4 Å². The summed E-state index contributed by atoms with van der Waals surface area (Å²) in [5.74, 6) is -0.307. The van der Waals surface area contributed by atoms with E-state index in [0.29, 0.717) is 26.2 Å². The summed E-state index contributed by atoms with van der Waals surface area (Å²) in [5, 5.41) is 0. The van der Waals surface area contributed by atoms with Crippen LogP contribution >= 0.6 is 15.9 Å². The minimum absolute atomic E-state index is 0.0775. The highest BCUT2D eigenvalue weighted by Crippen LogP contribution is 2.34. The summed E-state index contributed by atoms with van der Waals surface area (Å²) in [5.41, 5.74) is 1.10. The lowest BCUT2D eigenvalue weighted by Gasteiger charge is -2.17. The lowest BCUT2D eigenvalue weighted by atomic mass is 9.89. The summed E-state index contributed by atoms with van der Waals surface area (Å²) in [7, 11) is 0. The number of esters is 1. The second-order valence-electron chi connectivity index (χ2n) is 4.97. The number of halogens is 2. The van der Waals surface area contributed by atoms with Crippen molar-refractivity contribution in [2.45, 2.75) is 12.8 Å². The molecule has 1 aliphatic rings. The summed E-state index contributed by atoms with van der Waals surface area (Å²) in [6.45, 7) is 3.45. The van der Waals surface area contributed by atoms with Gasteiger partial charge in [0.15, 0.2) is 0 Å². The summed E-state index contributed by atoms with van der Waals surface area (Å²) in [4.78, 5) is 14.1. The number of likely N-dealkylation sites (tertiary alicyclic amines) is 1. The van der Waals surface area contributed by atoms with E-state index in [9.17, 15) is 9.18 Å². The number of benzene rings is 1. The zero-order valence-corrected chi connectivity index (χ0v) is 13.1. The van der Waals surface area contributed by atoms with Crippen molar-refractivity contribution in [1.29, 1.82) is 0 Å². The Morgan fingerprint density at radius 3 is 2.70 bits per heavy atom. The van der Waals surface area contributed by atoms with Crippen LogP contribution in [-0.4, -0.2) is 43.8 Å². The number of alkyl halides is 1. The monoisotopic (exact) mass is 343 g/mol. The number of rotatable bonds is 5. The summed E-state index contributed by atoms with van der Waals surface area (Å²) < 4.78 is 18.7. The maximum atomic E-state index is 12.5. The van der Waals surface area contributed by atoms with Crippen molar-refractivity contribution in [2.24, 2.45) is 5.92 Å². The molecular formula is C15H19BrFNO2. The number of hydrogen-bond donors (Lipinski definition) is 0. The molecule has 1 aromatic rings. The predicted octanol–water partition coefficient (Wildman–Crippen LogP) is 3.00. The van der Waals surface area contributed by atoms with Crippen molar-refractivity contribution in [3.8, 4) is 0 Å². The Morgan fingerprint density at radius 2 is 2.10 bits per heavy atom. The van der Waals surface area contributed by atoms with Gasteiger partial charge in [-0.05, 0) is 24.6 Å². The van der Waals surface area contributed by atoms with Crippen LogP contribution in [0.25, 0.3) is 0 Å². The number of ether oxygens (including phenoxy) is 1. The van der Waals surface area contributed by atoms with Crippen LogP contribution in [-0.2, 0) is 9.53 Å². The van der Waals surface area contributed by atoms with E-state index < -0.39 is 0 Å². The van der Waals surface area contributed by atoms with Gasteiger partial charge in [-0.3, -0.25) is 9.69 Å². The molecule has 0 aliphatic carbocycles. The van der Waals surface area contributed by atoms with Gasteiger partial charge in [0.2, 0.25) is 0 Å². The fraction of sp³-hybridized carbons (Fsp3) is 0.533. The molecule has 20 heavy (non-hydrogen) atoms. The van der Waals surface area contributed by atoms with E-state index in [0.717, 1.165) is 10.0 Å². The average molecular weight is 344 g/mol. The van der Waals surface area contributed by atoms with Crippen LogP contribution in [0.3, 0.4) is 0 Å². The number of nitrogens with zero attached hydrogens (tertiary/aromatic N) is 1. The van der Waals surface area contributed by atoms with Crippen molar-refractivity contribution in [2.75, 3.05) is 32.9 Å². The van der Waals surface area contributed by atoms with Crippen molar-refractivity contribution in [1.82, 2.24) is 4.90 Å². The van der Waals surface area contributed by atoms with Gasteiger partial charge in [0.25, 0.3) is 0 Å². The molecule has 0 radical (unpaired) electrons. The van der Waals surface area contributed by atoms with Gasteiger partial charge in [-0.1, -0.05) is 28.1 Å². The SMILES string of the molecule is CCOC(=O)C1CN(CCF)CC1c1ccc(Br)cc1. The van der Waals surface area contributed by atoms with E-state index in [2.05, 4.69) is 15.9 Å². The van der Waals surface area contributed by atoms with Gasteiger partial charge in [-0.2, -0.15) is 0 Å². The van der Waals surface area contributed by atoms with Crippen LogP contribution in [0.2, 0.25) is 0 Å². The Bertz CT molecular complexity index is 452. The summed E-state index contributed by atoms with van der Waals surface area (Å²) in [6.07, 6.45) is 0. The highest BCUT2D eigenvalue weighted by atomic mass is 79.9. The Labute approximate surface area is 127 Å². The highest BCUT2D eigenvalue weighted by molar-refractivity contribution is 9.10. The van der Waals surface area contributed by atoms with Crippen molar-refractivity contribution in [3.63, 3.8) is 0 Å². The van der Waals surface area contributed by atoms with E-state index in [1.165, 1.54) is 0 Å². The van der Waals surface area contributed by atoms with Gasteiger partial charge in [0, 0.05) is 30.0 Å². The summed E-state index contributed by atoms with van der Waals surface area (Å²) >= 11 is 3.41. The van der Waals surface area contributed by atoms with Gasteiger partial charge < -0.3 is 4.74 Å². The molecule has 1 saturated heterocycles. The molecule has 1 aromatic carbocycles. The first-order valence-corrected chi connectivity index (χ1v) is 7.65. The first-order chi connectivity index (χ1) is 9.65. The lowest BCUT2D eigenvalue weighted by Crippen LogP contribution is -2.26. The molecule has 5 heteroatoms. The Hall–Kier alpha value is -0.940. The maximum absolute atomic E-state index is 12.5. The van der Waals surface area contributed by atoms with Gasteiger partial charge in [0.1, 0.15) is 6.67 Å². The molecule has 0 bridgehead atoms. The van der Waals surface area contributed by atoms with Gasteiger partial charge in [0.05, 0.1) is 12.5 Å². The fourth-order valence-electron chi connectivity index (χ4n) is 2.72. The zero-order valence-electron chi connectivity index (χ0n) is 11.5. The first-order valence-electron chi connectivity index (χ1n) is 6.86. The van der Waals surface area contributed by atoms with Gasteiger partial charge in [-0.15, -0.1) is 0 Å². The van der Waals surface area contributed by atoms with E-state index in [1.807, 2.05) is 29.2 Å². The van der Waals surface area contributed by atoms with E-state index in [1.54, 1.807) is 6.92 Å². The minimum Gasteiger partial charge on any atom is -0.466 e. The van der Waals surface area contributed by atoms with E-state index >= 15 is 0 Å². The van der Waals surface area contributed by atoms with E-state index in [4.69, 9.17) is 4.74 Å². The van der Waals surface area contributed by atoms with Crippen LogP contribution in [0.5, 0.6) is 0 Å². The van der Waals surface area contributed by atoms with Gasteiger partial charge in [-0.25, -0.2) is 4.39 Å². The Kier molecular flexibility index (Phi) is 5.54. The van der Waals surface area contributed by atoms with Crippen LogP contribution in [0, 0.1) is 5.92 Å². The van der Waals surface area contributed by atoms with Crippen molar-refractivity contribution in [3.05, 3.63) is 34.3 Å². The standard InChI is InChI=1S/C15H19BrFNO2/c1-2-20-15(19)14-10-18(8-7-17)9-13(14)11-3-5-12(16)6-4-11/h3-6,13-14H,2,7-10H2,1H3. The smallest absolute Gasteiger partial charge is 0.310 e. The molecular weight excluding hydrogens is 325 g/mol. The van der Waals surface area contributed by atoms with Crippen LogP contribution < -0.4 is 0 Å². The molecule has 1 aliphatic heterocycles. The van der Waals surface area contributed by atoms with E-state index in [-0.39, 0.29) is 24.5 Å². The molecule has 0 spiro atoms. The minimum atomic E-state index is -0.386. The number of carbonyl (C=O) groups is 1. The Morgan fingerprint density at radius 1 is 1.40 bits per heavy atom. The largest absolute Gasteiger partial charge is 0.466 e. The molecule has 0 aromatic heterocycles. The van der Waals surface area contributed by atoms with Gasteiger partial charge >= 0.3 is 5.97 Å². The fourth-order valence-corrected chi connectivity index (χ4v) is 2.99. The predicted molar refractivity (Wildman–Crippen MR) is 79.4 cm³/mol. The zero-order chi connectivity index (χ0) is 14.5. The third-order valence-electron chi connectivity index (χ3n) is 3.68. The number of hydrogen-bond acceptors (Lipinski definition) is 3. The molecule has 3 nitrogen and oxygen atoms in total. The van der Waals surface area contributed by atoms with Crippen molar-refractivity contribution >= 4 is 21.9 Å². The normalized spacial score (nSPS) is 22.9. The van der Waals surface area contributed by atoms with Crippen LogP contribution in [0.15, 0.2) is 28.7 Å². The molecule has 0 amide bonds. The van der Waals surface area contributed by atoms with Crippen molar-refractivity contribution < 1.29 is 13.9 Å². The number of carbonyl (C=O) groups excluding carboxylic acids is 1. The molecule has 0 saturated carbocycles. The first kappa shape index (κ1) is 15.4. The van der Waals surface area contributed by atoms with Crippen LogP contribution in [0.4, 0.5) is 4.39 Å². The molecule has 1 heterocycles. The molecule has 110 valence electrons. The molecule has 0 N–H and O–H groups in total. The molecule has 2 rings (SSSR count). The third-order valence-corrected chi connectivity index (χ3v) is 4.21. The Balaban J connectivity index is 2.17. The molecule has 2 unspecified atom stereocenters. The molecule has 2 atom stereocenters. The quantitative estimate of drug-likeness (QED) is 0.769. The summed E-state index contributed by atoms with van der Waals surface area (Å²) in [6, 6.07) is 7.96. The average Bonchev–Trinajstić information content (AvgIpc) is 2.84. The maximum Gasteiger partial charge on any atom is 0.310 e.